The molecule has 0 aromatic rings. The number of hydrogen-bond acceptors (Lipinski definition) is 4. The minimum Gasteiger partial charge on any atom is -0.355 e. The van der Waals surface area contributed by atoms with Crippen LogP contribution < -0.4 is 11.1 Å². The molecule has 20 heavy (non-hydrogen) atoms. The molecule has 1 rings (SSSR count). The van der Waals surface area contributed by atoms with E-state index in [1.807, 2.05) is 6.92 Å². The highest BCUT2D eigenvalue weighted by molar-refractivity contribution is 5.81. The van der Waals surface area contributed by atoms with Crippen molar-refractivity contribution >= 4 is 5.91 Å². The Bertz CT molecular complexity index is 285. The van der Waals surface area contributed by atoms with Gasteiger partial charge in [-0.25, -0.2) is 0 Å². The van der Waals surface area contributed by atoms with E-state index in [9.17, 15) is 4.79 Å². The molecule has 1 aliphatic rings. The van der Waals surface area contributed by atoms with Gasteiger partial charge in [-0.15, -0.1) is 0 Å². The molecule has 3 N–H and O–H groups in total. The summed E-state index contributed by atoms with van der Waals surface area (Å²) < 4.78 is 0. The zero-order valence-corrected chi connectivity index (χ0v) is 13.4. The van der Waals surface area contributed by atoms with E-state index in [-0.39, 0.29) is 11.9 Å². The standard InChI is InChI=1S/C15H32N4O/c1-4-6-17-15(20)14(3)19-8-5-7-18(9-10-19)12-13(2)11-16/h13-14H,4-12,16H2,1-3H3,(H,17,20). The van der Waals surface area contributed by atoms with E-state index >= 15 is 0 Å². The third-order valence-corrected chi connectivity index (χ3v) is 4.07. The van der Waals surface area contributed by atoms with Crippen molar-refractivity contribution in [2.24, 2.45) is 11.7 Å². The molecule has 2 unspecified atom stereocenters. The van der Waals surface area contributed by atoms with E-state index in [1.165, 1.54) is 0 Å². The summed E-state index contributed by atoms with van der Waals surface area (Å²) in [6.07, 6.45) is 2.12. The molecule has 0 aromatic heterocycles. The summed E-state index contributed by atoms with van der Waals surface area (Å²) in [4.78, 5) is 16.8. The van der Waals surface area contributed by atoms with Gasteiger partial charge in [0.25, 0.3) is 0 Å². The first-order chi connectivity index (χ1) is 9.58. The Morgan fingerprint density at radius 3 is 2.65 bits per heavy atom. The normalized spacial score (nSPS) is 21.2. The molecule has 1 amide bonds. The molecule has 5 heteroatoms. The van der Waals surface area contributed by atoms with Gasteiger partial charge in [0.1, 0.15) is 0 Å². The Morgan fingerprint density at radius 2 is 2.00 bits per heavy atom. The number of nitrogens with one attached hydrogen (secondary N) is 1. The van der Waals surface area contributed by atoms with E-state index < -0.39 is 0 Å². The summed E-state index contributed by atoms with van der Waals surface area (Å²) in [5, 5.41) is 2.99. The topological polar surface area (TPSA) is 61.6 Å². The summed E-state index contributed by atoms with van der Waals surface area (Å²) in [5.74, 6) is 0.711. The van der Waals surface area contributed by atoms with Crippen molar-refractivity contribution in [1.29, 1.82) is 0 Å². The van der Waals surface area contributed by atoms with Gasteiger partial charge < -0.3 is 16.0 Å². The Hall–Kier alpha value is -0.650. The van der Waals surface area contributed by atoms with E-state index in [1.54, 1.807) is 0 Å². The molecular formula is C15H32N4O. The fourth-order valence-electron chi connectivity index (χ4n) is 2.64. The highest BCUT2D eigenvalue weighted by atomic mass is 16.2. The second kappa shape index (κ2) is 9.32. The van der Waals surface area contributed by atoms with Crippen LogP contribution in [-0.2, 0) is 4.79 Å². The van der Waals surface area contributed by atoms with E-state index in [2.05, 4.69) is 29.0 Å². The molecule has 0 aliphatic carbocycles. The lowest BCUT2D eigenvalue weighted by Gasteiger charge is -2.27. The highest BCUT2D eigenvalue weighted by Gasteiger charge is 2.23. The van der Waals surface area contributed by atoms with Crippen molar-refractivity contribution in [3.05, 3.63) is 0 Å². The molecule has 118 valence electrons. The summed E-state index contributed by atoms with van der Waals surface area (Å²) >= 11 is 0. The van der Waals surface area contributed by atoms with Crippen molar-refractivity contribution < 1.29 is 4.79 Å². The molecule has 1 heterocycles. The lowest BCUT2D eigenvalue weighted by atomic mass is 10.1. The first-order valence-electron chi connectivity index (χ1n) is 8.02. The van der Waals surface area contributed by atoms with Crippen molar-refractivity contribution in [1.82, 2.24) is 15.1 Å². The van der Waals surface area contributed by atoms with Crippen LogP contribution in [0, 0.1) is 5.92 Å². The first kappa shape index (κ1) is 17.4. The van der Waals surface area contributed by atoms with Gasteiger partial charge in [-0.2, -0.15) is 0 Å². The van der Waals surface area contributed by atoms with Crippen LogP contribution in [0.2, 0.25) is 0 Å². The Labute approximate surface area is 123 Å². The maximum atomic E-state index is 12.0. The fourth-order valence-corrected chi connectivity index (χ4v) is 2.64. The van der Waals surface area contributed by atoms with Crippen LogP contribution in [0.3, 0.4) is 0 Å². The molecule has 1 fully saturated rings. The summed E-state index contributed by atoms with van der Waals surface area (Å²) in [6, 6.07) is -0.0200. The molecule has 0 saturated carbocycles. The van der Waals surface area contributed by atoms with E-state index in [4.69, 9.17) is 5.73 Å². The Kier molecular flexibility index (Phi) is 8.11. The van der Waals surface area contributed by atoms with E-state index in [0.717, 1.165) is 58.7 Å². The second-order valence-electron chi connectivity index (χ2n) is 6.00. The van der Waals surface area contributed by atoms with E-state index in [0.29, 0.717) is 5.92 Å². The molecule has 5 nitrogen and oxygen atoms in total. The average molecular weight is 284 g/mol. The summed E-state index contributed by atoms with van der Waals surface area (Å²) in [6.45, 7) is 13.0. The quantitative estimate of drug-likeness (QED) is 0.715. The lowest BCUT2D eigenvalue weighted by Crippen LogP contribution is -2.46. The van der Waals surface area contributed by atoms with Crippen LogP contribution in [0.5, 0.6) is 0 Å². The van der Waals surface area contributed by atoms with Gasteiger partial charge in [-0.1, -0.05) is 13.8 Å². The van der Waals surface area contributed by atoms with Gasteiger partial charge in [0.15, 0.2) is 0 Å². The second-order valence-corrected chi connectivity index (χ2v) is 6.00. The molecule has 0 radical (unpaired) electrons. The number of hydrogen-bond donors (Lipinski definition) is 2. The number of nitrogens with zero attached hydrogens (tertiary/aromatic N) is 2. The van der Waals surface area contributed by atoms with Crippen LogP contribution in [0.25, 0.3) is 0 Å². The molecular weight excluding hydrogens is 252 g/mol. The number of nitrogens with two attached hydrogens (primary N) is 1. The minimum absolute atomic E-state index is 0.0200. The fraction of sp³-hybridized carbons (Fsp3) is 0.933. The molecule has 0 aromatic carbocycles. The van der Waals surface area contributed by atoms with Crippen molar-refractivity contribution in [3.8, 4) is 0 Å². The largest absolute Gasteiger partial charge is 0.355 e. The maximum absolute atomic E-state index is 12.0. The highest BCUT2D eigenvalue weighted by Crippen LogP contribution is 2.09. The average Bonchev–Trinajstić information content (AvgIpc) is 2.69. The predicted octanol–water partition coefficient (Wildman–Crippen LogP) is 0.504. The Morgan fingerprint density at radius 1 is 1.25 bits per heavy atom. The first-order valence-corrected chi connectivity index (χ1v) is 8.02. The zero-order chi connectivity index (χ0) is 15.0. The van der Waals surface area contributed by atoms with Crippen molar-refractivity contribution in [2.45, 2.75) is 39.7 Å². The SMILES string of the molecule is CCCNC(=O)C(C)N1CCCN(CC(C)CN)CC1. The number of carbonyl (C=O) groups excluding carboxylic acids is 1. The Balaban J connectivity index is 2.40. The molecule has 1 saturated heterocycles. The molecule has 0 bridgehead atoms. The third kappa shape index (κ3) is 5.77. The van der Waals surface area contributed by atoms with Crippen LogP contribution in [0.1, 0.15) is 33.6 Å². The maximum Gasteiger partial charge on any atom is 0.237 e. The van der Waals surface area contributed by atoms with Gasteiger partial charge in [0.05, 0.1) is 6.04 Å². The van der Waals surface area contributed by atoms with Crippen LogP contribution in [-0.4, -0.2) is 67.6 Å². The van der Waals surface area contributed by atoms with Crippen LogP contribution in [0.15, 0.2) is 0 Å². The summed E-state index contributed by atoms with van der Waals surface area (Å²) in [5.41, 5.74) is 5.70. The predicted molar refractivity (Wildman–Crippen MR) is 83.6 cm³/mol. The monoisotopic (exact) mass is 284 g/mol. The van der Waals surface area contributed by atoms with Crippen molar-refractivity contribution in [2.75, 3.05) is 45.8 Å². The van der Waals surface area contributed by atoms with Gasteiger partial charge >= 0.3 is 0 Å². The summed E-state index contributed by atoms with van der Waals surface area (Å²) in [7, 11) is 0. The third-order valence-electron chi connectivity index (χ3n) is 4.07. The number of rotatable bonds is 7. The minimum atomic E-state index is -0.0200. The lowest BCUT2D eigenvalue weighted by molar-refractivity contribution is -0.125. The van der Waals surface area contributed by atoms with Gasteiger partial charge in [-0.05, 0) is 38.8 Å². The molecule has 1 aliphatic heterocycles. The van der Waals surface area contributed by atoms with Crippen LogP contribution >= 0.6 is 0 Å². The van der Waals surface area contributed by atoms with Gasteiger partial charge in [0.2, 0.25) is 5.91 Å². The van der Waals surface area contributed by atoms with Gasteiger partial charge in [0, 0.05) is 32.7 Å². The zero-order valence-electron chi connectivity index (χ0n) is 13.4. The number of carbonyl (C=O) groups is 1. The molecule has 0 spiro atoms. The van der Waals surface area contributed by atoms with Crippen molar-refractivity contribution in [3.63, 3.8) is 0 Å². The van der Waals surface area contributed by atoms with Crippen LogP contribution in [0.4, 0.5) is 0 Å². The van der Waals surface area contributed by atoms with Gasteiger partial charge in [-0.3, -0.25) is 9.69 Å². The number of amides is 1. The molecule has 2 atom stereocenters. The smallest absolute Gasteiger partial charge is 0.237 e.